The number of ether oxygens (including phenoxy) is 1. The van der Waals surface area contributed by atoms with Crippen LogP contribution in [0.2, 0.25) is 5.02 Å². The zero-order valence-corrected chi connectivity index (χ0v) is 14.1. The Balaban J connectivity index is 2.20. The van der Waals surface area contributed by atoms with E-state index in [0.717, 1.165) is 24.3 Å². The summed E-state index contributed by atoms with van der Waals surface area (Å²) in [7, 11) is 3.98. The van der Waals surface area contributed by atoms with Crippen LogP contribution in [-0.4, -0.2) is 37.2 Å². The smallest absolute Gasteiger partial charge is 0.0589 e. The number of rotatable bonds is 5. The normalized spacial score (nSPS) is 27.8. The lowest BCUT2D eigenvalue weighted by Crippen LogP contribution is -2.56. The molecule has 4 heteroatoms. The van der Waals surface area contributed by atoms with E-state index in [9.17, 15) is 0 Å². The molecule has 1 saturated carbocycles. The third-order valence-corrected chi connectivity index (χ3v) is 5.38. The molecule has 1 aromatic rings. The molecular weight excluding hydrogens is 284 g/mol. The van der Waals surface area contributed by atoms with Crippen molar-refractivity contribution in [1.82, 2.24) is 4.90 Å². The van der Waals surface area contributed by atoms with Gasteiger partial charge >= 0.3 is 0 Å². The molecule has 0 aliphatic heterocycles. The average Bonchev–Trinajstić information content (AvgIpc) is 2.53. The van der Waals surface area contributed by atoms with Crippen molar-refractivity contribution in [2.45, 2.75) is 50.3 Å². The second kappa shape index (κ2) is 7.10. The van der Waals surface area contributed by atoms with E-state index in [0.29, 0.717) is 12.6 Å². The van der Waals surface area contributed by atoms with Gasteiger partial charge in [0.2, 0.25) is 0 Å². The van der Waals surface area contributed by atoms with Crippen LogP contribution in [0.5, 0.6) is 0 Å². The third kappa shape index (κ3) is 3.59. The highest BCUT2D eigenvalue weighted by atomic mass is 35.5. The van der Waals surface area contributed by atoms with Gasteiger partial charge in [-0.2, -0.15) is 0 Å². The Hall–Kier alpha value is -0.610. The van der Waals surface area contributed by atoms with Gasteiger partial charge in [-0.1, -0.05) is 23.7 Å². The quantitative estimate of drug-likeness (QED) is 0.902. The Kier molecular flexibility index (Phi) is 5.67. The summed E-state index contributed by atoms with van der Waals surface area (Å²) in [4.78, 5) is 2.42. The minimum atomic E-state index is 0.0145. The van der Waals surface area contributed by atoms with Crippen LogP contribution in [-0.2, 0) is 4.74 Å². The van der Waals surface area contributed by atoms with Gasteiger partial charge in [0.1, 0.15) is 0 Å². The summed E-state index contributed by atoms with van der Waals surface area (Å²) >= 11 is 6.13. The largest absolute Gasteiger partial charge is 0.381 e. The molecule has 3 atom stereocenters. The number of hydrogen-bond donors (Lipinski definition) is 1. The van der Waals surface area contributed by atoms with Crippen LogP contribution in [0.1, 0.15) is 44.2 Å². The predicted octanol–water partition coefficient (Wildman–Crippen LogP) is 3.62. The van der Waals surface area contributed by atoms with Gasteiger partial charge in [0, 0.05) is 30.3 Å². The van der Waals surface area contributed by atoms with Crippen molar-refractivity contribution >= 4 is 11.6 Å². The molecule has 3 unspecified atom stereocenters. The van der Waals surface area contributed by atoms with Crippen LogP contribution in [0.15, 0.2) is 24.3 Å². The maximum atomic E-state index is 6.18. The van der Waals surface area contributed by atoms with E-state index in [1.165, 1.54) is 12.0 Å². The molecule has 1 aliphatic carbocycles. The molecule has 21 heavy (non-hydrogen) atoms. The molecule has 0 heterocycles. The van der Waals surface area contributed by atoms with E-state index in [2.05, 4.69) is 24.9 Å². The first-order valence-electron chi connectivity index (χ1n) is 7.73. The highest BCUT2D eigenvalue weighted by molar-refractivity contribution is 6.30. The van der Waals surface area contributed by atoms with Gasteiger partial charge in [-0.05, 0) is 57.4 Å². The van der Waals surface area contributed by atoms with Gasteiger partial charge in [0.25, 0.3) is 0 Å². The maximum Gasteiger partial charge on any atom is 0.0589 e. The number of benzene rings is 1. The van der Waals surface area contributed by atoms with Gasteiger partial charge in [-0.15, -0.1) is 0 Å². The molecule has 118 valence electrons. The third-order valence-electron chi connectivity index (χ3n) is 5.15. The number of nitrogens with two attached hydrogens (primary N) is 1. The highest BCUT2D eigenvalue weighted by Crippen LogP contribution is 2.38. The van der Waals surface area contributed by atoms with E-state index in [4.69, 9.17) is 22.1 Å². The number of halogens is 1. The number of methoxy groups -OCH3 is 1. The molecule has 3 nitrogen and oxygen atoms in total. The highest BCUT2D eigenvalue weighted by Gasteiger charge is 2.40. The van der Waals surface area contributed by atoms with Crippen LogP contribution in [0.4, 0.5) is 0 Å². The van der Waals surface area contributed by atoms with Gasteiger partial charge in [-0.3, -0.25) is 4.90 Å². The standard InChI is InChI=1S/C17H27ClN2O/c1-13(14-6-4-7-15(18)10-14)20(2)17(12-19)9-5-8-16(11-17)21-3/h4,6-7,10,13,16H,5,8-9,11-12,19H2,1-3H3. The molecule has 2 N–H and O–H groups in total. The van der Waals surface area contributed by atoms with Crippen molar-refractivity contribution in [1.29, 1.82) is 0 Å². The van der Waals surface area contributed by atoms with Crippen LogP contribution < -0.4 is 5.73 Å². The van der Waals surface area contributed by atoms with Crippen molar-refractivity contribution in [2.75, 3.05) is 20.7 Å². The fraction of sp³-hybridized carbons (Fsp3) is 0.647. The second-order valence-corrected chi connectivity index (χ2v) is 6.66. The summed E-state index contributed by atoms with van der Waals surface area (Å²) in [5, 5.41) is 0.785. The van der Waals surface area contributed by atoms with Crippen molar-refractivity contribution in [2.24, 2.45) is 5.73 Å². The van der Waals surface area contributed by atoms with Crippen LogP contribution in [0, 0.1) is 0 Å². The van der Waals surface area contributed by atoms with E-state index in [-0.39, 0.29) is 11.6 Å². The summed E-state index contributed by atoms with van der Waals surface area (Å²) in [6, 6.07) is 8.38. The molecular formula is C17H27ClN2O. The minimum absolute atomic E-state index is 0.0145. The van der Waals surface area contributed by atoms with Crippen molar-refractivity contribution in [3.05, 3.63) is 34.9 Å². The van der Waals surface area contributed by atoms with Gasteiger partial charge in [-0.25, -0.2) is 0 Å². The summed E-state index contributed by atoms with van der Waals surface area (Å²) in [5.74, 6) is 0. The zero-order valence-electron chi connectivity index (χ0n) is 13.3. The van der Waals surface area contributed by atoms with E-state index >= 15 is 0 Å². The maximum absolute atomic E-state index is 6.18. The number of nitrogens with zero attached hydrogens (tertiary/aromatic N) is 1. The fourth-order valence-corrected chi connectivity index (χ4v) is 3.74. The SMILES string of the molecule is COC1CCCC(CN)(N(C)C(C)c2cccc(Cl)c2)C1. The number of likely N-dealkylation sites (N-methyl/N-ethyl adjacent to an activating group) is 1. The first-order valence-corrected chi connectivity index (χ1v) is 8.11. The first-order chi connectivity index (χ1) is 10.0. The van der Waals surface area contributed by atoms with Gasteiger partial charge < -0.3 is 10.5 Å². The molecule has 1 aliphatic rings. The van der Waals surface area contributed by atoms with E-state index in [1.54, 1.807) is 7.11 Å². The first kappa shape index (κ1) is 16.8. The van der Waals surface area contributed by atoms with Crippen LogP contribution in [0.3, 0.4) is 0 Å². The molecule has 0 aromatic heterocycles. The Bertz CT molecular complexity index is 468. The fourth-order valence-electron chi connectivity index (χ4n) is 3.54. The van der Waals surface area contributed by atoms with Crippen molar-refractivity contribution in [3.8, 4) is 0 Å². The molecule has 2 rings (SSSR count). The van der Waals surface area contributed by atoms with Crippen molar-refractivity contribution in [3.63, 3.8) is 0 Å². The second-order valence-electron chi connectivity index (χ2n) is 6.22. The monoisotopic (exact) mass is 310 g/mol. The van der Waals surface area contributed by atoms with E-state index < -0.39 is 0 Å². The molecule has 1 aromatic carbocycles. The Morgan fingerprint density at radius 2 is 2.29 bits per heavy atom. The number of hydrogen-bond acceptors (Lipinski definition) is 3. The lowest BCUT2D eigenvalue weighted by atomic mass is 9.78. The summed E-state index contributed by atoms with van der Waals surface area (Å²) in [5.41, 5.74) is 7.43. The Morgan fingerprint density at radius 3 is 2.90 bits per heavy atom. The van der Waals surface area contributed by atoms with Gasteiger partial charge in [0.15, 0.2) is 0 Å². The molecule has 0 saturated heterocycles. The predicted molar refractivity (Wildman–Crippen MR) is 88.7 cm³/mol. The van der Waals surface area contributed by atoms with E-state index in [1.807, 2.05) is 18.2 Å². The summed E-state index contributed by atoms with van der Waals surface area (Å²) in [6.45, 7) is 2.88. The van der Waals surface area contributed by atoms with Gasteiger partial charge in [0.05, 0.1) is 6.10 Å². The lowest BCUT2D eigenvalue weighted by molar-refractivity contribution is -0.0258. The summed E-state index contributed by atoms with van der Waals surface area (Å²) in [6.07, 6.45) is 4.75. The topological polar surface area (TPSA) is 38.5 Å². The minimum Gasteiger partial charge on any atom is -0.381 e. The molecule has 0 amide bonds. The molecule has 0 spiro atoms. The lowest BCUT2D eigenvalue weighted by Gasteiger charge is -2.48. The molecule has 1 fully saturated rings. The van der Waals surface area contributed by atoms with Crippen molar-refractivity contribution < 1.29 is 4.74 Å². The Labute approximate surface area is 133 Å². The Morgan fingerprint density at radius 1 is 1.52 bits per heavy atom. The molecule has 0 bridgehead atoms. The summed E-state index contributed by atoms with van der Waals surface area (Å²) < 4.78 is 5.60. The average molecular weight is 311 g/mol. The zero-order chi connectivity index (χ0) is 15.5. The van der Waals surface area contributed by atoms with Crippen LogP contribution >= 0.6 is 11.6 Å². The van der Waals surface area contributed by atoms with Crippen LogP contribution in [0.25, 0.3) is 0 Å². The molecule has 0 radical (unpaired) electrons.